The Morgan fingerprint density at radius 2 is 2.33 bits per heavy atom. The van der Waals surface area contributed by atoms with Crippen LogP contribution in [0.5, 0.6) is 0 Å². The van der Waals surface area contributed by atoms with Crippen LogP contribution in [-0.4, -0.2) is 0 Å². The zero-order valence-electron chi connectivity index (χ0n) is 7.84. The van der Waals surface area contributed by atoms with E-state index in [4.69, 9.17) is 0 Å². The first kappa shape index (κ1) is 9.53. The molecular formula is C11H16S. The normalized spacial score (nSPS) is 12.0. The van der Waals surface area contributed by atoms with E-state index in [0.29, 0.717) is 0 Å². The van der Waals surface area contributed by atoms with Crippen LogP contribution in [0.3, 0.4) is 0 Å². The summed E-state index contributed by atoms with van der Waals surface area (Å²) in [5.74, 6) is 0. The smallest absolute Gasteiger partial charge is 0.0299 e. The third-order valence-corrected chi connectivity index (χ3v) is 2.75. The van der Waals surface area contributed by atoms with E-state index in [1.807, 2.05) is 11.3 Å². The van der Waals surface area contributed by atoms with Gasteiger partial charge in [-0.25, -0.2) is 0 Å². The summed E-state index contributed by atoms with van der Waals surface area (Å²) >= 11 is 1.84. The fourth-order valence-electron chi connectivity index (χ4n) is 1.30. The van der Waals surface area contributed by atoms with Gasteiger partial charge in [-0.05, 0) is 29.9 Å². The lowest BCUT2D eigenvalue weighted by Crippen LogP contribution is -1.78. The Morgan fingerprint density at radius 3 is 2.83 bits per heavy atom. The van der Waals surface area contributed by atoms with Crippen molar-refractivity contribution in [1.82, 2.24) is 0 Å². The Balaban J connectivity index is 2.73. The fraction of sp³-hybridized carbons (Fsp3) is 0.455. The van der Waals surface area contributed by atoms with Gasteiger partial charge in [0.15, 0.2) is 0 Å². The van der Waals surface area contributed by atoms with E-state index in [9.17, 15) is 0 Å². The van der Waals surface area contributed by atoms with Crippen molar-refractivity contribution < 1.29 is 0 Å². The molecule has 1 heterocycles. The van der Waals surface area contributed by atoms with E-state index in [0.717, 1.165) is 6.42 Å². The summed E-state index contributed by atoms with van der Waals surface area (Å²) in [6.07, 6.45) is 5.95. The van der Waals surface area contributed by atoms with E-state index in [1.54, 1.807) is 0 Å². The molecule has 0 radical (unpaired) electrons. The van der Waals surface area contributed by atoms with Crippen LogP contribution >= 0.6 is 11.3 Å². The minimum atomic E-state index is 1.15. The van der Waals surface area contributed by atoms with E-state index >= 15 is 0 Å². The molecule has 0 fully saturated rings. The summed E-state index contributed by atoms with van der Waals surface area (Å²) in [6, 6.07) is 4.33. The molecule has 0 aliphatic carbocycles. The van der Waals surface area contributed by atoms with E-state index in [-0.39, 0.29) is 0 Å². The Bertz CT molecular complexity index is 232. The fourth-order valence-corrected chi connectivity index (χ4v) is 2.10. The maximum Gasteiger partial charge on any atom is 0.0299 e. The maximum atomic E-state index is 2.34. The zero-order valence-corrected chi connectivity index (χ0v) is 8.66. The minimum absolute atomic E-state index is 1.15. The number of rotatable bonds is 4. The molecule has 0 amide bonds. The molecule has 0 nitrogen and oxygen atoms in total. The summed E-state index contributed by atoms with van der Waals surface area (Å²) < 4.78 is 0. The zero-order chi connectivity index (χ0) is 8.81. The van der Waals surface area contributed by atoms with Crippen LogP contribution in [0.15, 0.2) is 23.6 Å². The molecule has 0 aliphatic rings. The third kappa shape index (κ3) is 2.49. The Morgan fingerprint density at radius 1 is 1.50 bits per heavy atom. The van der Waals surface area contributed by atoms with Crippen LogP contribution < -0.4 is 0 Å². The first-order valence-electron chi connectivity index (χ1n) is 4.61. The predicted molar refractivity (Wildman–Crippen MR) is 57.5 cm³/mol. The molecule has 0 spiro atoms. The van der Waals surface area contributed by atoms with Gasteiger partial charge in [-0.1, -0.05) is 32.4 Å². The standard InChI is InChI=1S/C11H16S/c1-3-6-10(7-4-2)11-8-5-9-12-11/h5-6,8-9H,3-4,7H2,1-2H3/b10-6+. The van der Waals surface area contributed by atoms with Crippen molar-refractivity contribution in [1.29, 1.82) is 0 Å². The molecule has 1 aromatic rings. The van der Waals surface area contributed by atoms with Crippen molar-refractivity contribution in [2.45, 2.75) is 33.1 Å². The Kier molecular flexibility index (Phi) is 4.09. The molecule has 66 valence electrons. The van der Waals surface area contributed by atoms with E-state index in [2.05, 4.69) is 37.4 Å². The molecular weight excluding hydrogens is 164 g/mol. The highest BCUT2D eigenvalue weighted by Crippen LogP contribution is 2.24. The van der Waals surface area contributed by atoms with Crippen molar-refractivity contribution >= 4 is 16.9 Å². The van der Waals surface area contributed by atoms with Gasteiger partial charge >= 0.3 is 0 Å². The maximum absolute atomic E-state index is 2.34. The first-order chi connectivity index (χ1) is 5.88. The lowest BCUT2D eigenvalue weighted by molar-refractivity contribution is 0.970. The second-order valence-electron chi connectivity index (χ2n) is 2.86. The average Bonchev–Trinajstić information content (AvgIpc) is 2.56. The van der Waals surface area contributed by atoms with Crippen LogP contribution in [0.2, 0.25) is 0 Å². The van der Waals surface area contributed by atoms with Crippen LogP contribution in [0.25, 0.3) is 5.57 Å². The molecule has 0 unspecified atom stereocenters. The molecule has 0 aliphatic heterocycles. The summed E-state index contributed by atoms with van der Waals surface area (Å²) in [7, 11) is 0. The number of thiophene rings is 1. The van der Waals surface area contributed by atoms with Crippen LogP contribution in [0.4, 0.5) is 0 Å². The number of hydrogen-bond acceptors (Lipinski definition) is 1. The van der Waals surface area contributed by atoms with Gasteiger partial charge in [0, 0.05) is 4.88 Å². The van der Waals surface area contributed by atoms with Gasteiger partial charge in [0.2, 0.25) is 0 Å². The van der Waals surface area contributed by atoms with Crippen LogP contribution in [0.1, 0.15) is 38.0 Å². The SMILES string of the molecule is CC/C=C(\CCC)c1cccs1. The molecule has 1 heteroatoms. The highest BCUT2D eigenvalue weighted by Gasteiger charge is 1.99. The second-order valence-corrected chi connectivity index (χ2v) is 3.81. The van der Waals surface area contributed by atoms with Gasteiger partial charge in [-0.15, -0.1) is 11.3 Å². The van der Waals surface area contributed by atoms with Gasteiger partial charge in [-0.2, -0.15) is 0 Å². The highest BCUT2D eigenvalue weighted by atomic mass is 32.1. The highest BCUT2D eigenvalue weighted by molar-refractivity contribution is 7.11. The molecule has 1 aromatic heterocycles. The summed E-state index contributed by atoms with van der Waals surface area (Å²) in [6.45, 7) is 4.43. The van der Waals surface area contributed by atoms with Gasteiger partial charge in [0.25, 0.3) is 0 Å². The van der Waals surface area contributed by atoms with Crippen molar-refractivity contribution in [2.24, 2.45) is 0 Å². The predicted octanol–water partition coefficient (Wildman–Crippen LogP) is 4.34. The molecule has 0 N–H and O–H groups in total. The summed E-state index contributed by atoms with van der Waals surface area (Å²) in [4.78, 5) is 1.44. The molecule has 12 heavy (non-hydrogen) atoms. The van der Waals surface area contributed by atoms with Gasteiger partial charge < -0.3 is 0 Å². The van der Waals surface area contributed by atoms with Crippen LogP contribution in [0, 0.1) is 0 Å². The van der Waals surface area contributed by atoms with Crippen molar-refractivity contribution in [3.63, 3.8) is 0 Å². The van der Waals surface area contributed by atoms with Gasteiger partial charge in [0.05, 0.1) is 0 Å². The summed E-state index contributed by atoms with van der Waals surface area (Å²) in [5, 5.41) is 2.15. The Hall–Kier alpha value is -0.560. The molecule has 0 saturated carbocycles. The Labute approximate surface area is 78.9 Å². The van der Waals surface area contributed by atoms with Gasteiger partial charge in [0.1, 0.15) is 0 Å². The molecule has 1 rings (SSSR count). The van der Waals surface area contributed by atoms with Crippen molar-refractivity contribution in [2.75, 3.05) is 0 Å². The lowest BCUT2D eigenvalue weighted by atomic mass is 10.1. The van der Waals surface area contributed by atoms with Crippen LogP contribution in [-0.2, 0) is 0 Å². The topological polar surface area (TPSA) is 0 Å². The van der Waals surface area contributed by atoms with E-state index < -0.39 is 0 Å². The van der Waals surface area contributed by atoms with Gasteiger partial charge in [-0.3, -0.25) is 0 Å². The second kappa shape index (κ2) is 5.15. The first-order valence-corrected chi connectivity index (χ1v) is 5.49. The lowest BCUT2D eigenvalue weighted by Gasteiger charge is -2.01. The number of hydrogen-bond donors (Lipinski definition) is 0. The molecule has 0 atom stereocenters. The quantitative estimate of drug-likeness (QED) is 0.646. The van der Waals surface area contributed by atoms with Crippen molar-refractivity contribution in [3.05, 3.63) is 28.5 Å². The third-order valence-electron chi connectivity index (χ3n) is 1.81. The summed E-state index contributed by atoms with van der Waals surface area (Å²) in [5.41, 5.74) is 1.52. The van der Waals surface area contributed by atoms with Crippen molar-refractivity contribution in [3.8, 4) is 0 Å². The molecule has 0 saturated heterocycles. The molecule has 0 aromatic carbocycles. The monoisotopic (exact) mass is 180 g/mol. The minimum Gasteiger partial charge on any atom is -0.144 e. The largest absolute Gasteiger partial charge is 0.144 e. The van der Waals surface area contributed by atoms with E-state index in [1.165, 1.54) is 23.3 Å². The molecule has 0 bridgehead atoms. The average molecular weight is 180 g/mol. The number of allylic oxidation sites excluding steroid dienone is 2.